The van der Waals surface area contributed by atoms with E-state index < -0.39 is 13.1 Å². The summed E-state index contributed by atoms with van der Waals surface area (Å²) in [6, 6.07) is 13.9. The van der Waals surface area contributed by atoms with Crippen LogP contribution in [0.15, 0.2) is 36.4 Å². The van der Waals surface area contributed by atoms with Gasteiger partial charge in [0.2, 0.25) is 5.91 Å². The molecule has 388 valence electrons. The number of carboxylic acids is 1. The fourth-order valence-electron chi connectivity index (χ4n) is 11.5. The Balaban J connectivity index is 0.000000219. The van der Waals surface area contributed by atoms with Crippen LogP contribution >= 0.6 is 39.4 Å². The Bertz CT molecular complexity index is 2420. The highest BCUT2D eigenvalue weighted by Crippen LogP contribution is 2.51. The van der Waals surface area contributed by atoms with Crippen molar-refractivity contribution in [2.45, 2.75) is 195 Å². The second-order valence-electron chi connectivity index (χ2n) is 23.2. The van der Waals surface area contributed by atoms with E-state index in [2.05, 4.69) is 121 Å². The van der Waals surface area contributed by atoms with Gasteiger partial charge in [-0.2, -0.15) is 27.0 Å². The molecule has 0 radical (unpaired) electrons. The third kappa shape index (κ3) is 11.2. The molecule has 0 unspecified atom stereocenters. The summed E-state index contributed by atoms with van der Waals surface area (Å²) in [5, 5.41) is 12.3. The van der Waals surface area contributed by atoms with Crippen LogP contribution in [0, 0.1) is 35.5 Å². The Kier molecular flexibility index (Phi) is 18.3. The van der Waals surface area contributed by atoms with Crippen LogP contribution in [0.4, 0.5) is 0 Å². The first-order chi connectivity index (χ1) is 31.4. The van der Waals surface area contributed by atoms with Crippen LogP contribution < -0.4 is 16.2 Å². The minimum Gasteiger partial charge on any atom is -0.481 e. The van der Waals surface area contributed by atoms with Gasteiger partial charge in [-0.25, -0.2) is 9.97 Å². The molecular formula is C52H83B2ClN6O7S2. The molecule has 10 rings (SSSR count). The van der Waals surface area contributed by atoms with Crippen LogP contribution in [0.5, 0.6) is 0 Å². The number of aromatic nitrogens is 4. The number of nitrogens with zero attached hydrogens (tertiary/aromatic N) is 3. The minimum atomic E-state index is -0.674. The first-order valence-corrected chi connectivity index (χ1v) is 25.5. The number of fused-ring (bicyclic) bond motifs is 6. The number of aliphatic carboxylic acids is 1. The second-order valence-corrected chi connectivity index (χ2v) is 23.2. The van der Waals surface area contributed by atoms with Crippen molar-refractivity contribution in [3.05, 3.63) is 48.0 Å². The number of imidazole rings is 2. The highest BCUT2D eigenvalue weighted by molar-refractivity contribution is 7.59. The number of carbonyl (C=O) groups excluding carboxylic acids is 1. The summed E-state index contributed by atoms with van der Waals surface area (Å²) in [6.45, 7) is 28.8. The number of halogens is 1. The number of aromatic amines is 2. The maximum atomic E-state index is 13.6. The predicted molar refractivity (Wildman–Crippen MR) is 294 cm³/mol. The van der Waals surface area contributed by atoms with E-state index in [0.717, 1.165) is 76.2 Å². The van der Waals surface area contributed by atoms with Gasteiger partial charge in [-0.1, -0.05) is 53.7 Å². The molecule has 0 spiro atoms. The van der Waals surface area contributed by atoms with E-state index in [1.807, 2.05) is 32.9 Å². The van der Waals surface area contributed by atoms with E-state index in [1.54, 1.807) is 0 Å². The van der Waals surface area contributed by atoms with Crippen LogP contribution in [0.3, 0.4) is 0 Å². The molecule has 18 heteroatoms. The smallest absolute Gasteiger partial charge is 0.481 e. The molecule has 4 saturated heterocycles. The first-order valence-electron chi connectivity index (χ1n) is 25.5. The monoisotopic (exact) mass is 1020 g/mol. The standard InChI is InChI=1S/C26H38BN3O3.C19H26BN3O2.C7H14O2.ClH.2H2S/c1-8-19(15(2)3)24(31)30-18-11-9-16(13-18)22(30)23-28-20-12-10-17(14-21(20)29-23)27-32-25(4,5)26(6,7)33-27;1-18(2)19(3,4)25-20(24-18)12-6-8-14-15(10-12)23-17(22-14)16-11-5-7-13(9-11)21-16;1-4-6(5(2)3)7(8)9;;;/h10,12,14-16,18-19,22H,8-9,11,13H2,1-7H3,(H,28,29);6,8,10-11,13,16,21H,5,7,9H2,1-4H3,(H,22,23);5-6H,4H2,1-3H3,(H,8,9);1H;2*1H2/t16-,18+,19-,22-;11-,13+,16-;6-;;;/m000.../s1. The van der Waals surface area contributed by atoms with Gasteiger partial charge < -0.3 is 43.9 Å². The maximum Gasteiger partial charge on any atom is 0.494 e. The number of carbonyl (C=O) groups is 2. The summed E-state index contributed by atoms with van der Waals surface area (Å²) < 4.78 is 24.8. The summed E-state index contributed by atoms with van der Waals surface area (Å²) in [4.78, 5) is 43.1. The third-order valence-electron chi connectivity index (χ3n) is 17.0. The van der Waals surface area contributed by atoms with E-state index in [4.69, 9.17) is 33.7 Å². The van der Waals surface area contributed by atoms with E-state index >= 15 is 0 Å². The van der Waals surface area contributed by atoms with Crippen molar-refractivity contribution in [1.29, 1.82) is 0 Å². The molecule has 4 aliphatic heterocycles. The summed E-state index contributed by atoms with van der Waals surface area (Å²) in [6.07, 6.45) is 8.93. The molecule has 70 heavy (non-hydrogen) atoms. The zero-order chi connectivity index (χ0) is 48.5. The van der Waals surface area contributed by atoms with Gasteiger partial charge in [0.1, 0.15) is 11.6 Å². The van der Waals surface area contributed by atoms with Crippen molar-refractivity contribution in [2.75, 3.05) is 0 Å². The Morgan fingerprint density at radius 1 is 0.686 bits per heavy atom. The SMILES string of the molecule is CC1(C)OB(c2ccc3nc([C@H]4N[C@@H]5CC[C@H]4C5)[nH]c3c2)OC1(C)C.CC[C@H](C(=O)N1[C@@H]2CC[C@@H](C2)[C@H]1c1nc2ccc(B3OC(C)(C)C(C)(C)O3)cc2[nH]1)C(C)C.CC[C@H](C(=O)O)C(C)C.Cl.S.S. The predicted octanol–water partition coefficient (Wildman–Crippen LogP) is 9.67. The average Bonchev–Trinajstić information content (AvgIpc) is 4.13. The lowest BCUT2D eigenvalue weighted by Crippen LogP contribution is -2.44. The molecule has 6 heterocycles. The van der Waals surface area contributed by atoms with Gasteiger partial charge >= 0.3 is 20.2 Å². The van der Waals surface area contributed by atoms with E-state index in [0.29, 0.717) is 35.9 Å². The molecule has 6 aliphatic rings. The number of piperidine rings is 2. The molecule has 4 bridgehead atoms. The second kappa shape index (κ2) is 22.0. The molecular weight excluding hydrogens is 942 g/mol. The number of hydrogen-bond donors (Lipinski definition) is 4. The summed E-state index contributed by atoms with van der Waals surface area (Å²) in [5.74, 6) is 3.38. The lowest BCUT2D eigenvalue weighted by Gasteiger charge is -2.37. The maximum absolute atomic E-state index is 13.6. The third-order valence-corrected chi connectivity index (χ3v) is 17.0. The topological polar surface area (TPSA) is 164 Å². The van der Waals surface area contributed by atoms with Crippen molar-refractivity contribution in [1.82, 2.24) is 30.2 Å². The van der Waals surface area contributed by atoms with Crippen molar-refractivity contribution in [3.8, 4) is 0 Å². The van der Waals surface area contributed by atoms with E-state index in [-0.39, 0.29) is 92.7 Å². The van der Waals surface area contributed by atoms with E-state index in [9.17, 15) is 9.59 Å². The fraction of sp³-hybridized carbons (Fsp3) is 0.692. The molecule has 13 nitrogen and oxygen atoms in total. The number of amides is 1. The van der Waals surface area contributed by atoms with Gasteiger partial charge in [0, 0.05) is 18.0 Å². The van der Waals surface area contributed by atoms with Crippen molar-refractivity contribution in [2.24, 2.45) is 35.5 Å². The number of carboxylic acid groups (broad SMARTS) is 1. The molecule has 8 atom stereocenters. The van der Waals surface area contributed by atoms with Crippen LogP contribution in [-0.4, -0.2) is 90.5 Å². The summed E-state index contributed by atoms with van der Waals surface area (Å²) in [7, 11) is -0.732. The Labute approximate surface area is 438 Å². The fourth-order valence-corrected chi connectivity index (χ4v) is 11.5. The van der Waals surface area contributed by atoms with Crippen LogP contribution in [0.2, 0.25) is 0 Å². The molecule has 4 N–H and O–H groups in total. The first kappa shape index (κ1) is 58.1. The number of H-pyrrole nitrogens is 2. The zero-order valence-electron chi connectivity index (χ0n) is 44.2. The lowest BCUT2D eigenvalue weighted by atomic mass is 9.79. The number of hydrogen-bond acceptors (Lipinski definition) is 9. The number of likely N-dealkylation sites (tertiary alicyclic amines) is 1. The van der Waals surface area contributed by atoms with Crippen LogP contribution in [-0.2, 0) is 28.2 Å². The molecule has 1 amide bonds. The molecule has 6 fully saturated rings. The van der Waals surface area contributed by atoms with Crippen molar-refractivity contribution < 1.29 is 33.3 Å². The summed E-state index contributed by atoms with van der Waals surface area (Å²) in [5.41, 5.74) is 4.62. The van der Waals surface area contributed by atoms with Crippen LogP contribution in [0.25, 0.3) is 22.1 Å². The highest BCUT2D eigenvalue weighted by atomic mass is 35.5. The quantitative estimate of drug-likeness (QED) is 0.113. The van der Waals surface area contributed by atoms with Gasteiger partial charge in [-0.3, -0.25) is 9.59 Å². The van der Waals surface area contributed by atoms with Crippen molar-refractivity contribution in [3.63, 3.8) is 0 Å². The van der Waals surface area contributed by atoms with Gasteiger partial charge in [-0.15, -0.1) is 12.4 Å². The molecule has 4 aromatic rings. The normalized spacial score (nSPS) is 27.1. The van der Waals surface area contributed by atoms with E-state index in [1.165, 1.54) is 25.7 Å². The Morgan fingerprint density at radius 3 is 1.54 bits per heavy atom. The highest BCUT2D eigenvalue weighted by Gasteiger charge is 2.54. The minimum absolute atomic E-state index is 0. The average molecular weight is 1030 g/mol. The summed E-state index contributed by atoms with van der Waals surface area (Å²) >= 11 is 0. The number of benzene rings is 2. The van der Waals surface area contributed by atoms with Gasteiger partial charge in [0.15, 0.2) is 0 Å². The van der Waals surface area contributed by atoms with Crippen molar-refractivity contribution >= 4 is 98.5 Å². The van der Waals surface area contributed by atoms with Gasteiger partial charge in [0.25, 0.3) is 0 Å². The molecule has 2 saturated carbocycles. The van der Waals surface area contributed by atoms with Gasteiger partial charge in [0.05, 0.1) is 62.5 Å². The Morgan fingerprint density at radius 2 is 1.14 bits per heavy atom. The zero-order valence-corrected chi connectivity index (χ0v) is 47.0. The lowest BCUT2D eigenvalue weighted by molar-refractivity contribution is -0.143. The number of nitrogens with one attached hydrogen (secondary N) is 3. The Hall–Kier alpha value is -2.76. The number of rotatable bonds is 10. The van der Waals surface area contributed by atoms with Gasteiger partial charge in [-0.05, 0) is 166 Å². The molecule has 2 aromatic carbocycles. The molecule has 2 aliphatic carbocycles. The molecule has 2 aromatic heterocycles. The largest absolute Gasteiger partial charge is 0.494 e. The van der Waals surface area contributed by atoms with Crippen LogP contribution in [0.1, 0.15) is 172 Å².